The molecule has 0 saturated heterocycles. The average Bonchev–Trinajstić information content (AvgIpc) is 3.49. The summed E-state index contributed by atoms with van der Waals surface area (Å²) in [4.78, 5) is 17.5. The van der Waals surface area contributed by atoms with Gasteiger partial charge < -0.3 is 4.74 Å². The summed E-state index contributed by atoms with van der Waals surface area (Å²) < 4.78 is 33.9. The highest BCUT2D eigenvalue weighted by atomic mass is 32.2. The first-order valence-corrected chi connectivity index (χ1v) is 10.8. The fourth-order valence-electron chi connectivity index (χ4n) is 3.68. The van der Waals surface area contributed by atoms with Crippen LogP contribution in [0.5, 0.6) is 5.75 Å². The van der Waals surface area contributed by atoms with Crippen LogP contribution in [0.2, 0.25) is 0 Å². The molecule has 1 fully saturated rings. The minimum atomic E-state index is -4.06. The predicted molar refractivity (Wildman–Crippen MR) is 110 cm³/mol. The van der Waals surface area contributed by atoms with Gasteiger partial charge in [-0.05, 0) is 57.0 Å². The number of carbonyl (C=O) groups is 1. The van der Waals surface area contributed by atoms with E-state index < -0.39 is 21.3 Å². The summed E-state index contributed by atoms with van der Waals surface area (Å²) in [6.07, 6.45) is 1.15. The summed E-state index contributed by atoms with van der Waals surface area (Å²) in [5.74, 6) is 0.0592. The SMILES string of the molecule is COc1ccc(C)cc1C1(C(=O)NS(=O)(=O)c2cccc3nc(C)ccc23)CC1. The van der Waals surface area contributed by atoms with E-state index in [-0.39, 0.29) is 4.90 Å². The van der Waals surface area contributed by atoms with Gasteiger partial charge in [-0.1, -0.05) is 23.8 Å². The molecule has 0 bridgehead atoms. The third-order valence-corrected chi connectivity index (χ3v) is 6.79. The maximum atomic E-state index is 13.1. The Hall–Kier alpha value is -2.93. The van der Waals surface area contributed by atoms with Gasteiger partial charge in [-0.15, -0.1) is 0 Å². The number of pyridine rings is 1. The molecule has 0 radical (unpaired) electrons. The van der Waals surface area contributed by atoms with E-state index in [9.17, 15) is 13.2 Å². The topological polar surface area (TPSA) is 85.4 Å². The number of ether oxygens (including phenoxy) is 1. The zero-order valence-corrected chi connectivity index (χ0v) is 17.3. The second-order valence-electron chi connectivity index (χ2n) is 7.50. The molecule has 6 nitrogen and oxygen atoms in total. The number of sulfonamides is 1. The first-order valence-electron chi connectivity index (χ1n) is 9.36. The third kappa shape index (κ3) is 3.35. The lowest BCUT2D eigenvalue weighted by atomic mass is 9.93. The molecule has 1 aliphatic carbocycles. The Labute approximate surface area is 170 Å². The van der Waals surface area contributed by atoms with Gasteiger partial charge in [-0.2, -0.15) is 0 Å². The van der Waals surface area contributed by atoms with Crippen molar-refractivity contribution >= 4 is 26.8 Å². The molecule has 0 aliphatic heterocycles. The molecule has 7 heteroatoms. The van der Waals surface area contributed by atoms with Gasteiger partial charge in [0.1, 0.15) is 5.75 Å². The van der Waals surface area contributed by atoms with Crippen LogP contribution < -0.4 is 9.46 Å². The minimum absolute atomic E-state index is 0.0443. The number of hydrogen-bond donors (Lipinski definition) is 1. The molecule has 0 atom stereocenters. The molecular formula is C22H22N2O4S. The van der Waals surface area contributed by atoms with Crippen molar-refractivity contribution in [2.75, 3.05) is 7.11 Å². The number of amides is 1. The number of methoxy groups -OCH3 is 1. The molecule has 29 heavy (non-hydrogen) atoms. The molecule has 2 aromatic carbocycles. The number of hydrogen-bond acceptors (Lipinski definition) is 5. The van der Waals surface area contributed by atoms with Crippen molar-refractivity contribution in [1.82, 2.24) is 9.71 Å². The van der Waals surface area contributed by atoms with Crippen molar-refractivity contribution in [3.05, 3.63) is 65.4 Å². The predicted octanol–water partition coefficient (Wildman–Crippen LogP) is 3.40. The van der Waals surface area contributed by atoms with Crippen molar-refractivity contribution in [2.45, 2.75) is 37.0 Å². The molecule has 4 rings (SSSR count). The summed E-state index contributed by atoms with van der Waals surface area (Å²) in [5, 5.41) is 0.483. The molecule has 1 heterocycles. The fraction of sp³-hybridized carbons (Fsp3) is 0.273. The van der Waals surface area contributed by atoms with Crippen LogP contribution >= 0.6 is 0 Å². The number of benzene rings is 2. The second-order valence-corrected chi connectivity index (χ2v) is 9.15. The van der Waals surface area contributed by atoms with E-state index in [2.05, 4.69) is 9.71 Å². The van der Waals surface area contributed by atoms with Gasteiger partial charge in [0.2, 0.25) is 5.91 Å². The third-order valence-electron chi connectivity index (χ3n) is 5.40. The highest BCUT2D eigenvalue weighted by Crippen LogP contribution is 2.52. The number of fused-ring (bicyclic) bond motifs is 1. The molecule has 1 amide bonds. The van der Waals surface area contributed by atoms with Gasteiger partial charge in [0.15, 0.2) is 0 Å². The lowest BCUT2D eigenvalue weighted by molar-refractivity contribution is -0.121. The van der Waals surface area contributed by atoms with Gasteiger partial charge in [-0.25, -0.2) is 13.1 Å². The summed E-state index contributed by atoms with van der Waals surface area (Å²) in [6, 6.07) is 13.9. The zero-order chi connectivity index (χ0) is 20.8. The molecule has 3 aromatic rings. The Kier molecular flexibility index (Phi) is 4.58. The van der Waals surface area contributed by atoms with Crippen LogP contribution in [-0.2, 0) is 20.2 Å². The Morgan fingerprint density at radius 2 is 1.86 bits per heavy atom. The van der Waals surface area contributed by atoms with Crippen LogP contribution in [0.15, 0.2) is 53.4 Å². The van der Waals surface area contributed by atoms with Crippen LogP contribution in [0.1, 0.15) is 29.7 Å². The van der Waals surface area contributed by atoms with Crippen LogP contribution in [0.25, 0.3) is 10.9 Å². The quantitative estimate of drug-likeness (QED) is 0.697. The lowest BCUT2D eigenvalue weighted by Crippen LogP contribution is -2.39. The first kappa shape index (κ1) is 19.4. The number of nitrogens with one attached hydrogen (secondary N) is 1. The Bertz CT molecular complexity index is 1230. The smallest absolute Gasteiger partial charge is 0.264 e. The number of nitrogens with zero attached hydrogens (tertiary/aromatic N) is 1. The standard InChI is InChI=1S/C22H22N2O4S/c1-14-7-10-19(28-3)17(13-14)22(11-12-22)21(25)24-29(26,27)20-6-4-5-18-16(20)9-8-15(2)23-18/h4-10,13H,11-12H2,1-3H3,(H,24,25). The summed E-state index contributed by atoms with van der Waals surface area (Å²) in [7, 11) is -2.51. The Morgan fingerprint density at radius 1 is 1.10 bits per heavy atom. The molecule has 1 saturated carbocycles. The summed E-state index contributed by atoms with van der Waals surface area (Å²) in [5.41, 5.74) is 2.19. The highest BCUT2D eigenvalue weighted by molar-refractivity contribution is 7.90. The molecule has 1 N–H and O–H groups in total. The van der Waals surface area contributed by atoms with Crippen molar-refractivity contribution in [1.29, 1.82) is 0 Å². The van der Waals surface area contributed by atoms with Gasteiger partial charge in [0.25, 0.3) is 10.0 Å². The molecule has 150 valence electrons. The van der Waals surface area contributed by atoms with E-state index in [1.54, 1.807) is 31.4 Å². The lowest BCUT2D eigenvalue weighted by Gasteiger charge is -2.19. The maximum absolute atomic E-state index is 13.1. The van der Waals surface area contributed by atoms with Crippen LogP contribution in [0.4, 0.5) is 0 Å². The largest absolute Gasteiger partial charge is 0.496 e. The summed E-state index contributed by atoms with van der Waals surface area (Å²) in [6.45, 7) is 3.77. The van der Waals surface area contributed by atoms with Gasteiger partial charge >= 0.3 is 0 Å². The van der Waals surface area contributed by atoms with Crippen molar-refractivity contribution in [3.8, 4) is 5.75 Å². The van der Waals surface area contributed by atoms with E-state index >= 15 is 0 Å². The highest BCUT2D eigenvalue weighted by Gasteiger charge is 2.54. The molecule has 1 aliphatic rings. The van der Waals surface area contributed by atoms with Crippen molar-refractivity contribution < 1.29 is 17.9 Å². The molecule has 1 aromatic heterocycles. The van der Waals surface area contributed by atoms with Crippen LogP contribution in [0, 0.1) is 13.8 Å². The zero-order valence-electron chi connectivity index (χ0n) is 16.5. The van der Waals surface area contributed by atoms with Gasteiger partial charge in [0, 0.05) is 16.6 Å². The first-order chi connectivity index (χ1) is 13.8. The van der Waals surface area contributed by atoms with Crippen molar-refractivity contribution in [2.24, 2.45) is 0 Å². The average molecular weight is 410 g/mol. The van der Waals surface area contributed by atoms with E-state index in [1.807, 2.05) is 32.0 Å². The molecule has 0 unspecified atom stereocenters. The second kappa shape index (κ2) is 6.84. The number of aryl methyl sites for hydroxylation is 2. The van der Waals surface area contributed by atoms with Crippen LogP contribution in [0.3, 0.4) is 0 Å². The minimum Gasteiger partial charge on any atom is -0.496 e. The van der Waals surface area contributed by atoms with Gasteiger partial charge in [0.05, 0.1) is 22.9 Å². The van der Waals surface area contributed by atoms with E-state index in [0.29, 0.717) is 29.5 Å². The normalized spacial score (nSPS) is 15.1. The van der Waals surface area contributed by atoms with E-state index in [4.69, 9.17) is 4.74 Å². The number of aromatic nitrogens is 1. The van der Waals surface area contributed by atoms with Crippen molar-refractivity contribution in [3.63, 3.8) is 0 Å². The monoisotopic (exact) mass is 410 g/mol. The molecular weight excluding hydrogens is 388 g/mol. The Morgan fingerprint density at radius 3 is 2.55 bits per heavy atom. The summed E-state index contributed by atoms with van der Waals surface area (Å²) >= 11 is 0. The van der Waals surface area contributed by atoms with E-state index in [1.165, 1.54) is 6.07 Å². The maximum Gasteiger partial charge on any atom is 0.264 e. The number of rotatable bonds is 5. The van der Waals surface area contributed by atoms with E-state index in [0.717, 1.165) is 16.8 Å². The fourth-order valence-corrected chi connectivity index (χ4v) is 4.95. The van der Waals surface area contributed by atoms with Crippen LogP contribution in [-0.4, -0.2) is 26.4 Å². The van der Waals surface area contributed by atoms with Gasteiger partial charge in [-0.3, -0.25) is 9.78 Å². The Balaban J connectivity index is 1.71. The molecule has 0 spiro atoms. The number of carbonyl (C=O) groups excluding carboxylic acids is 1.